The molecule has 0 spiro atoms. The Morgan fingerprint density at radius 1 is 1.42 bits per heavy atom. The number of carbonyl (C=O) groups excluding carboxylic acids is 1. The molecule has 0 fully saturated rings. The monoisotopic (exact) mass is 299 g/mol. The van der Waals surface area contributed by atoms with Crippen LogP contribution in [0, 0.1) is 0 Å². The van der Waals surface area contributed by atoms with Crippen LogP contribution in [-0.2, 0) is 9.09 Å². The van der Waals surface area contributed by atoms with E-state index in [1.165, 1.54) is 14.0 Å². The van der Waals surface area contributed by atoms with Crippen LogP contribution in [0.3, 0.4) is 0 Å². The van der Waals surface area contributed by atoms with E-state index in [0.717, 1.165) is 5.75 Å². The third kappa shape index (κ3) is 5.23. The minimum atomic E-state index is -3.03. The van der Waals surface area contributed by atoms with E-state index in [4.69, 9.17) is 4.52 Å². The highest BCUT2D eigenvalue weighted by Gasteiger charge is 2.17. The highest BCUT2D eigenvalue weighted by Crippen LogP contribution is 2.47. The Balaban J connectivity index is 2.80. The van der Waals surface area contributed by atoms with Gasteiger partial charge in [0.15, 0.2) is 5.78 Å². The molecule has 0 amide bonds. The van der Waals surface area contributed by atoms with Gasteiger partial charge in [-0.1, -0.05) is 6.92 Å². The molecule has 1 unspecified atom stereocenters. The van der Waals surface area contributed by atoms with E-state index in [1.54, 1.807) is 47.3 Å². The van der Waals surface area contributed by atoms with Crippen LogP contribution in [-0.4, -0.2) is 18.6 Å². The van der Waals surface area contributed by atoms with Crippen molar-refractivity contribution in [3.05, 3.63) is 41.1 Å². The maximum atomic E-state index is 12.3. The summed E-state index contributed by atoms with van der Waals surface area (Å²) in [5.74, 6) is 2.45. The smallest absolute Gasteiger partial charge is 0.314 e. The normalized spacial score (nSPS) is 14.3. The highest BCUT2D eigenvalue weighted by atomic mass is 32.2. The van der Waals surface area contributed by atoms with Crippen molar-refractivity contribution in [2.45, 2.75) is 13.8 Å². The molecule has 0 heterocycles. The predicted molar refractivity (Wildman–Crippen MR) is 82.0 cm³/mol. The van der Waals surface area contributed by atoms with Crippen molar-refractivity contribution in [1.29, 1.82) is 0 Å². The molecule has 6 heteroatoms. The van der Waals surface area contributed by atoms with E-state index in [-0.39, 0.29) is 5.78 Å². The number of rotatable bonds is 7. The largest absolute Gasteiger partial charge is 0.317 e. The Morgan fingerprint density at radius 3 is 2.53 bits per heavy atom. The van der Waals surface area contributed by atoms with Gasteiger partial charge in [-0.25, -0.2) is 0 Å². The Kier molecular flexibility index (Phi) is 6.35. The number of hydrogen-bond acceptors (Lipinski definition) is 4. The average molecular weight is 299 g/mol. The van der Waals surface area contributed by atoms with Crippen molar-refractivity contribution < 1.29 is 13.9 Å². The van der Waals surface area contributed by atoms with Crippen LogP contribution in [0.4, 0.5) is 5.69 Å². The molecule has 1 aromatic carbocycles. The number of benzene rings is 1. The first kappa shape index (κ1) is 16.0. The molecule has 0 saturated carbocycles. The molecule has 104 valence electrons. The predicted octanol–water partition coefficient (Wildman–Crippen LogP) is 4.36. The summed E-state index contributed by atoms with van der Waals surface area (Å²) < 4.78 is 17.4. The van der Waals surface area contributed by atoms with Gasteiger partial charge in [-0.3, -0.25) is 9.36 Å². The quantitative estimate of drug-likeness (QED) is 0.598. The Labute approximate surface area is 118 Å². The van der Waals surface area contributed by atoms with E-state index in [9.17, 15) is 9.36 Å². The van der Waals surface area contributed by atoms with Gasteiger partial charge >= 0.3 is 7.52 Å². The molecule has 1 N–H and O–H groups in total. The summed E-state index contributed by atoms with van der Waals surface area (Å²) in [6.07, 6.45) is 0. The van der Waals surface area contributed by atoms with Crippen molar-refractivity contribution in [1.82, 2.24) is 0 Å². The molecule has 1 aromatic rings. The number of ketones is 1. The van der Waals surface area contributed by atoms with E-state index >= 15 is 0 Å². The SMILES string of the molecule is CCS/C=C\P(=O)(Nc1ccc(C(C)=O)cc1)OC. The number of carbonyl (C=O) groups is 1. The zero-order chi connectivity index (χ0) is 14.3. The second-order valence-electron chi connectivity index (χ2n) is 3.77. The Hall–Kier alpha value is -1.03. The fourth-order valence-corrected chi connectivity index (χ4v) is 3.30. The maximum Gasteiger partial charge on any atom is 0.317 e. The first-order valence-electron chi connectivity index (χ1n) is 5.85. The fourth-order valence-electron chi connectivity index (χ4n) is 1.32. The molecule has 0 aliphatic rings. The first-order chi connectivity index (χ1) is 9.00. The standard InChI is InChI=1S/C13H18NO3PS/c1-4-19-10-9-18(16,17-3)14-13-7-5-12(6-8-13)11(2)15/h5-10H,4H2,1-3H3,(H,14,16)/b10-9-. The molecule has 4 nitrogen and oxygen atoms in total. The van der Waals surface area contributed by atoms with E-state index in [0.29, 0.717) is 11.3 Å². The Morgan fingerprint density at radius 2 is 2.05 bits per heavy atom. The molecule has 0 saturated heterocycles. The molecule has 0 aliphatic heterocycles. The summed E-state index contributed by atoms with van der Waals surface area (Å²) in [6, 6.07) is 6.80. The summed E-state index contributed by atoms with van der Waals surface area (Å²) in [6.45, 7) is 3.52. The molecule has 0 aliphatic carbocycles. The summed E-state index contributed by atoms with van der Waals surface area (Å²) in [7, 11) is -1.63. The number of Topliss-reactive ketones (excluding diaryl/α,β-unsaturated/α-hetero) is 1. The molecule has 19 heavy (non-hydrogen) atoms. The number of anilines is 1. The highest BCUT2D eigenvalue weighted by molar-refractivity contribution is 8.02. The topological polar surface area (TPSA) is 55.4 Å². The minimum Gasteiger partial charge on any atom is -0.314 e. The van der Waals surface area contributed by atoms with Gasteiger partial charge in [0.05, 0.1) is 0 Å². The molecule has 0 bridgehead atoms. The summed E-state index contributed by atoms with van der Waals surface area (Å²) in [4.78, 5) is 11.2. The van der Waals surface area contributed by atoms with Gasteiger partial charge in [0.2, 0.25) is 0 Å². The van der Waals surface area contributed by atoms with Crippen LogP contribution in [0.25, 0.3) is 0 Å². The van der Waals surface area contributed by atoms with Crippen LogP contribution >= 0.6 is 19.3 Å². The van der Waals surface area contributed by atoms with Crippen molar-refractivity contribution >= 4 is 30.8 Å². The van der Waals surface area contributed by atoms with Gasteiger partial charge in [-0.15, -0.1) is 11.8 Å². The number of nitrogens with one attached hydrogen (secondary N) is 1. The second-order valence-corrected chi connectivity index (χ2v) is 7.03. The van der Waals surface area contributed by atoms with E-state index in [1.807, 2.05) is 6.92 Å². The molecular formula is C13H18NO3PS. The van der Waals surface area contributed by atoms with Crippen molar-refractivity contribution in [3.8, 4) is 0 Å². The van der Waals surface area contributed by atoms with Gasteiger partial charge in [0, 0.05) is 24.2 Å². The van der Waals surface area contributed by atoms with Crippen LogP contribution in [0.1, 0.15) is 24.2 Å². The van der Waals surface area contributed by atoms with Crippen molar-refractivity contribution in [3.63, 3.8) is 0 Å². The third-order valence-electron chi connectivity index (χ3n) is 2.37. The van der Waals surface area contributed by atoms with Crippen LogP contribution in [0.15, 0.2) is 35.5 Å². The lowest BCUT2D eigenvalue weighted by Crippen LogP contribution is -1.97. The first-order valence-corrected chi connectivity index (χ1v) is 8.59. The van der Waals surface area contributed by atoms with Gasteiger partial charge < -0.3 is 9.61 Å². The summed E-state index contributed by atoms with van der Waals surface area (Å²) >= 11 is 1.55. The Bertz CT molecular complexity index is 499. The third-order valence-corrected chi connectivity index (χ3v) is 4.89. The molecule has 1 rings (SSSR count). The number of thioether (sulfide) groups is 1. The van der Waals surface area contributed by atoms with Crippen molar-refractivity contribution in [2.75, 3.05) is 17.9 Å². The number of hydrogen-bond donors (Lipinski definition) is 1. The lowest BCUT2D eigenvalue weighted by Gasteiger charge is -2.14. The van der Waals surface area contributed by atoms with Crippen molar-refractivity contribution in [2.24, 2.45) is 0 Å². The lowest BCUT2D eigenvalue weighted by molar-refractivity contribution is 0.101. The van der Waals surface area contributed by atoms with E-state index < -0.39 is 7.52 Å². The summed E-state index contributed by atoms with van der Waals surface area (Å²) in [5.41, 5.74) is 1.27. The van der Waals surface area contributed by atoms with Gasteiger partial charge in [-0.05, 0) is 42.4 Å². The molecule has 0 radical (unpaired) electrons. The van der Waals surface area contributed by atoms with Gasteiger partial charge in [0.1, 0.15) is 0 Å². The molecule has 0 aromatic heterocycles. The zero-order valence-corrected chi connectivity index (χ0v) is 13.0. The average Bonchev–Trinajstić information content (AvgIpc) is 2.39. The van der Waals surface area contributed by atoms with Crippen LogP contribution in [0.2, 0.25) is 0 Å². The zero-order valence-electron chi connectivity index (χ0n) is 11.3. The van der Waals surface area contributed by atoms with Gasteiger partial charge in [0.25, 0.3) is 0 Å². The second kappa shape index (κ2) is 7.53. The lowest BCUT2D eigenvalue weighted by atomic mass is 10.1. The molecule has 1 atom stereocenters. The van der Waals surface area contributed by atoms with Crippen LogP contribution in [0.5, 0.6) is 0 Å². The maximum absolute atomic E-state index is 12.3. The fraction of sp³-hybridized carbons (Fsp3) is 0.308. The van der Waals surface area contributed by atoms with Gasteiger partial charge in [-0.2, -0.15) is 0 Å². The summed E-state index contributed by atoms with van der Waals surface area (Å²) in [5, 5.41) is 4.62. The minimum absolute atomic E-state index is 0.000663. The molecular weight excluding hydrogens is 281 g/mol. The van der Waals surface area contributed by atoms with E-state index in [2.05, 4.69) is 5.09 Å². The van der Waals surface area contributed by atoms with Crippen LogP contribution < -0.4 is 5.09 Å².